The Bertz CT molecular complexity index is 434. The lowest BCUT2D eigenvalue weighted by atomic mass is 10.1. The number of carboxylic acids is 1. The molecule has 1 rings (SSSR count). The van der Waals surface area contributed by atoms with Crippen LogP contribution in [0.15, 0.2) is 5.38 Å². The van der Waals surface area contributed by atoms with Gasteiger partial charge in [0.05, 0.1) is 5.69 Å². The summed E-state index contributed by atoms with van der Waals surface area (Å²) in [6.07, 6.45) is 2.19. The summed E-state index contributed by atoms with van der Waals surface area (Å²) >= 11 is 1.48. The van der Waals surface area contributed by atoms with Gasteiger partial charge in [0.2, 0.25) is 0 Å². The molecule has 0 spiro atoms. The first-order valence-corrected chi connectivity index (χ1v) is 8.38. The van der Waals surface area contributed by atoms with Crippen molar-refractivity contribution >= 4 is 22.4 Å². The van der Waals surface area contributed by atoms with E-state index in [0.29, 0.717) is 17.5 Å². The van der Waals surface area contributed by atoms with Crippen LogP contribution >= 0.6 is 11.3 Å². The van der Waals surface area contributed by atoms with Gasteiger partial charge in [-0.3, -0.25) is 4.79 Å². The first-order valence-electron chi connectivity index (χ1n) is 7.50. The zero-order valence-corrected chi connectivity index (χ0v) is 14.2. The molecule has 6 heteroatoms. The molecule has 1 unspecified atom stereocenters. The highest BCUT2D eigenvalue weighted by molar-refractivity contribution is 7.13. The molecule has 0 radical (unpaired) electrons. The van der Waals surface area contributed by atoms with Gasteiger partial charge >= 0.3 is 5.97 Å². The maximum Gasteiger partial charge on any atom is 0.326 e. The van der Waals surface area contributed by atoms with Gasteiger partial charge in [-0.05, 0) is 24.7 Å². The predicted molar refractivity (Wildman–Crippen MR) is 87.8 cm³/mol. The van der Waals surface area contributed by atoms with Crippen LogP contribution in [-0.2, 0) is 4.79 Å². The van der Waals surface area contributed by atoms with Crippen molar-refractivity contribution in [3.8, 4) is 0 Å². The molecule has 0 aliphatic carbocycles. The monoisotopic (exact) mass is 313 g/mol. The third kappa shape index (κ3) is 6.01. The first kappa shape index (κ1) is 17.9. The number of nitrogens with zero attached hydrogens (tertiary/aromatic N) is 2. The highest BCUT2D eigenvalue weighted by atomic mass is 32.1. The van der Waals surface area contributed by atoms with Crippen molar-refractivity contribution < 1.29 is 9.90 Å². The van der Waals surface area contributed by atoms with Crippen molar-refractivity contribution in [2.75, 3.05) is 18.0 Å². The van der Waals surface area contributed by atoms with Crippen molar-refractivity contribution in [3.05, 3.63) is 11.1 Å². The van der Waals surface area contributed by atoms with Gasteiger partial charge in [0, 0.05) is 18.5 Å². The minimum Gasteiger partial charge on any atom is -0.480 e. The van der Waals surface area contributed by atoms with Crippen molar-refractivity contribution in [2.24, 2.45) is 17.6 Å². The summed E-state index contributed by atoms with van der Waals surface area (Å²) in [5.74, 6) is 0.224. The highest BCUT2D eigenvalue weighted by Crippen LogP contribution is 2.25. The molecule has 0 fully saturated rings. The molecular formula is C15H27N3O2S. The van der Waals surface area contributed by atoms with E-state index in [-0.39, 0.29) is 0 Å². The Morgan fingerprint density at radius 2 is 1.81 bits per heavy atom. The van der Waals surface area contributed by atoms with Crippen LogP contribution in [0.25, 0.3) is 0 Å². The lowest BCUT2D eigenvalue weighted by Gasteiger charge is -2.23. The summed E-state index contributed by atoms with van der Waals surface area (Å²) < 4.78 is 0. The number of nitrogens with two attached hydrogens (primary N) is 1. The van der Waals surface area contributed by atoms with Gasteiger partial charge in [0.1, 0.15) is 6.04 Å². The molecule has 0 saturated carbocycles. The second kappa shape index (κ2) is 8.34. The summed E-state index contributed by atoms with van der Waals surface area (Å²) in [5, 5.41) is 11.6. The van der Waals surface area contributed by atoms with E-state index in [4.69, 9.17) is 10.8 Å². The van der Waals surface area contributed by atoms with Crippen molar-refractivity contribution in [1.29, 1.82) is 0 Å². The second-order valence-corrected chi connectivity index (χ2v) is 7.06. The molecule has 0 bridgehead atoms. The van der Waals surface area contributed by atoms with E-state index in [0.717, 1.165) is 31.1 Å². The fourth-order valence-electron chi connectivity index (χ4n) is 1.82. The maximum absolute atomic E-state index is 10.9. The number of carbonyl (C=O) groups is 1. The van der Waals surface area contributed by atoms with Gasteiger partial charge in [0.15, 0.2) is 5.13 Å². The predicted octanol–water partition coefficient (Wildman–Crippen LogP) is 3.13. The van der Waals surface area contributed by atoms with Crippen LogP contribution in [0.5, 0.6) is 0 Å². The van der Waals surface area contributed by atoms with Crippen LogP contribution < -0.4 is 10.6 Å². The average molecular weight is 313 g/mol. The highest BCUT2D eigenvalue weighted by Gasteiger charge is 2.20. The number of rotatable bonds is 9. The number of aliphatic carboxylic acids is 1. The largest absolute Gasteiger partial charge is 0.480 e. The molecule has 1 atom stereocenters. The third-order valence-corrected chi connectivity index (χ3v) is 4.24. The van der Waals surface area contributed by atoms with Crippen LogP contribution in [0.1, 0.15) is 52.3 Å². The normalized spacial score (nSPS) is 12.9. The Balaban J connectivity index is 2.79. The molecule has 120 valence electrons. The number of hydrogen-bond acceptors (Lipinski definition) is 5. The van der Waals surface area contributed by atoms with Crippen molar-refractivity contribution in [3.63, 3.8) is 0 Å². The van der Waals surface area contributed by atoms with E-state index in [1.54, 1.807) is 5.38 Å². The summed E-state index contributed by atoms with van der Waals surface area (Å²) in [6.45, 7) is 10.7. The van der Waals surface area contributed by atoms with Crippen molar-refractivity contribution in [2.45, 2.75) is 46.6 Å². The fourth-order valence-corrected chi connectivity index (χ4v) is 2.74. The van der Waals surface area contributed by atoms with Crippen LogP contribution in [0.3, 0.4) is 0 Å². The molecule has 5 nitrogen and oxygen atoms in total. The van der Waals surface area contributed by atoms with E-state index in [9.17, 15) is 4.79 Å². The molecule has 1 heterocycles. The van der Waals surface area contributed by atoms with Gasteiger partial charge in [-0.2, -0.15) is 0 Å². The molecule has 0 saturated heterocycles. The molecule has 0 aromatic carbocycles. The van der Waals surface area contributed by atoms with E-state index in [1.807, 2.05) is 0 Å². The Morgan fingerprint density at radius 3 is 2.24 bits per heavy atom. The summed E-state index contributed by atoms with van der Waals surface area (Å²) in [6, 6.07) is -1.04. The average Bonchev–Trinajstić information content (AvgIpc) is 2.86. The minimum absolute atomic E-state index is 0.446. The number of aromatic nitrogens is 1. The van der Waals surface area contributed by atoms with Crippen LogP contribution in [0.2, 0.25) is 0 Å². The Hall–Kier alpha value is -1.14. The van der Waals surface area contributed by atoms with Crippen LogP contribution in [0, 0.1) is 11.8 Å². The summed E-state index contributed by atoms with van der Waals surface area (Å²) in [4.78, 5) is 17.6. The standard InChI is InChI=1S/C15H27N3O2S/c1-10(2)5-7-18(8-6-11(3)4)15-17-12(9-21-15)13(16)14(19)20/h9-11,13H,5-8,16H2,1-4H3,(H,19,20). The van der Waals surface area contributed by atoms with E-state index in [1.165, 1.54) is 11.3 Å². The molecule has 1 aromatic rings. The maximum atomic E-state index is 10.9. The van der Waals surface area contributed by atoms with E-state index >= 15 is 0 Å². The Labute approximate surface area is 131 Å². The number of carboxylic acid groups (broad SMARTS) is 1. The van der Waals surface area contributed by atoms with Crippen LogP contribution in [0.4, 0.5) is 5.13 Å². The second-order valence-electron chi connectivity index (χ2n) is 6.22. The molecular weight excluding hydrogens is 286 g/mol. The van der Waals surface area contributed by atoms with Crippen molar-refractivity contribution in [1.82, 2.24) is 4.98 Å². The molecule has 0 aliphatic heterocycles. The van der Waals surface area contributed by atoms with Gasteiger partial charge in [-0.1, -0.05) is 27.7 Å². The first-order chi connectivity index (χ1) is 9.81. The van der Waals surface area contributed by atoms with Gasteiger partial charge in [-0.25, -0.2) is 4.98 Å². The molecule has 21 heavy (non-hydrogen) atoms. The molecule has 0 amide bonds. The molecule has 3 N–H and O–H groups in total. The SMILES string of the molecule is CC(C)CCN(CCC(C)C)c1nc(C(N)C(=O)O)cs1. The minimum atomic E-state index is -1.04. The van der Waals surface area contributed by atoms with Crippen LogP contribution in [-0.4, -0.2) is 29.1 Å². The van der Waals surface area contributed by atoms with E-state index in [2.05, 4.69) is 37.6 Å². The Kier molecular flexibility index (Phi) is 7.11. The van der Waals surface area contributed by atoms with Gasteiger partial charge in [0.25, 0.3) is 0 Å². The zero-order valence-electron chi connectivity index (χ0n) is 13.4. The lowest BCUT2D eigenvalue weighted by Crippen LogP contribution is -2.28. The quantitative estimate of drug-likeness (QED) is 0.732. The molecule has 1 aromatic heterocycles. The van der Waals surface area contributed by atoms with Gasteiger partial charge in [-0.15, -0.1) is 11.3 Å². The smallest absolute Gasteiger partial charge is 0.326 e. The van der Waals surface area contributed by atoms with E-state index < -0.39 is 12.0 Å². The summed E-state index contributed by atoms with van der Waals surface area (Å²) in [7, 11) is 0. The molecule has 0 aliphatic rings. The number of hydrogen-bond donors (Lipinski definition) is 2. The summed E-state index contributed by atoms with van der Waals surface area (Å²) in [5.41, 5.74) is 6.07. The number of thiazole rings is 1. The lowest BCUT2D eigenvalue weighted by molar-refractivity contribution is -0.138. The zero-order chi connectivity index (χ0) is 16.0. The fraction of sp³-hybridized carbons (Fsp3) is 0.733. The third-order valence-electron chi connectivity index (χ3n) is 3.32. The van der Waals surface area contributed by atoms with Gasteiger partial charge < -0.3 is 15.7 Å². The Morgan fingerprint density at radius 1 is 1.29 bits per heavy atom. The number of anilines is 1. The topological polar surface area (TPSA) is 79.5 Å².